The van der Waals surface area contributed by atoms with Gasteiger partial charge >= 0.3 is 0 Å². The number of benzene rings is 11. The summed E-state index contributed by atoms with van der Waals surface area (Å²) in [5.74, 6) is 1.92. The Morgan fingerprint density at radius 1 is 0.292 bits per heavy atom. The number of nitrogens with zero attached hydrogens (tertiary/aromatic N) is 4. The molecule has 0 amide bonds. The fraction of sp³-hybridized carbons (Fsp3) is 0. The zero-order valence-electron chi connectivity index (χ0n) is 38.3. The van der Waals surface area contributed by atoms with E-state index in [9.17, 15) is 0 Å². The molecule has 5 heterocycles. The van der Waals surface area contributed by atoms with Crippen LogP contribution in [-0.2, 0) is 0 Å². The van der Waals surface area contributed by atoms with E-state index < -0.39 is 0 Å². The maximum absolute atomic E-state index is 5.60. The van der Waals surface area contributed by atoms with Gasteiger partial charge in [0, 0.05) is 99.1 Å². The molecule has 5 aromatic heterocycles. The maximum atomic E-state index is 5.60. The molecule has 0 unspecified atom stereocenters. The predicted molar refractivity (Wildman–Crippen MR) is 310 cm³/mol. The van der Waals surface area contributed by atoms with Gasteiger partial charge in [-0.2, -0.15) is 0 Å². The first-order valence-electron chi connectivity index (χ1n) is 24.2. The second-order valence-corrected chi connectivity index (χ2v) is 21.9. The first-order valence-corrected chi connectivity index (χ1v) is 26.6. The van der Waals surface area contributed by atoms with Gasteiger partial charge in [0.25, 0.3) is 0 Å². The second kappa shape index (κ2) is 15.5. The lowest BCUT2D eigenvalue weighted by molar-refractivity contribution is 1.08. The summed E-state index contributed by atoms with van der Waals surface area (Å²) in [5, 5.41) is 14.5. The molecule has 0 atom stereocenters. The zero-order valence-corrected chi connectivity index (χ0v) is 40.7. The summed E-state index contributed by atoms with van der Waals surface area (Å²) >= 11 is 5.46. The van der Waals surface area contributed by atoms with Crippen LogP contribution in [0.3, 0.4) is 0 Å². The molecule has 0 spiro atoms. The summed E-state index contributed by atoms with van der Waals surface area (Å²) in [4.78, 5) is 16.7. The smallest absolute Gasteiger partial charge is 0.164 e. The van der Waals surface area contributed by atoms with Gasteiger partial charge in [-0.15, -0.1) is 34.0 Å². The lowest BCUT2D eigenvalue weighted by atomic mass is 9.96. The molecule has 0 radical (unpaired) electrons. The van der Waals surface area contributed by atoms with E-state index in [1.165, 1.54) is 87.6 Å². The Morgan fingerprint density at radius 2 is 0.819 bits per heavy atom. The highest BCUT2D eigenvalue weighted by Gasteiger charge is 2.23. The Hall–Kier alpha value is -8.59. The van der Waals surface area contributed by atoms with Crippen LogP contribution in [0.5, 0.6) is 0 Å². The molecule has 16 aromatic rings. The van der Waals surface area contributed by atoms with Gasteiger partial charge in [-0.05, 0) is 100 Å². The number of hydrogen-bond acceptors (Lipinski definition) is 6. The molecule has 334 valence electrons. The van der Waals surface area contributed by atoms with E-state index in [2.05, 4.69) is 223 Å². The summed E-state index contributed by atoms with van der Waals surface area (Å²) in [7, 11) is 0. The van der Waals surface area contributed by atoms with Gasteiger partial charge < -0.3 is 4.57 Å². The Balaban J connectivity index is 1.02. The third kappa shape index (κ3) is 5.99. The van der Waals surface area contributed by atoms with Gasteiger partial charge in [0.2, 0.25) is 0 Å². The molecule has 16 rings (SSSR count). The van der Waals surface area contributed by atoms with Gasteiger partial charge in [0.1, 0.15) is 0 Å². The largest absolute Gasteiger partial charge is 0.309 e. The van der Waals surface area contributed by atoms with Crippen molar-refractivity contribution in [2.75, 3.05) is 0 Å². The van der Waals surface area contributed by atoms with Crippen LogP contribution in [-0.4, -0.2) is 19.5 Å². The fourth-order valence-corrected chi connectivity index (χ4v) is 14.7. The van der Waals surface area contributed by atoms with E-state index in [4.69, 9.17) is 15.0 Å². The number of aromatic nitrogens is 4. The number of thiophene rings is 3. The van der Waals surface area contributed by atoms with Crippen LogP contribution in [0.2, 0.25) is 0 Å². The van der Waals surface area contributed by atoms with Crippen molar-refractivity contribution in [1.29, 1.82) is 0 Å². The molecular formula is C65H36N4S3. The first kappa shape index (κ1) is 40.2. The molecule has 0 N–H and O–H groups in total. The molecule has 0 bridgehead atoms. The topological polar surface area (TPSA) is 43.6 Å². The van der Waals surface area contributed by atoms with Gasteiger partial charge in [-0.3, -0.25) is 0 Å². The summed E-state index contributed by atoms with van der Waals surface area (Å²) in [6, 6.07) is 79.8. The molecule has 7 heteroatoms. The summed E-state index contributed by atoms with van der Waals surface area (Å²) in [5.41, 5.74) is 8.47. The SMILES string of the molecule is c1ccc2cc3c(cc2c1)c1ccc2ccccc2c1n3-c1ccc(-c2nc(-c3cccc4sc5ccccc5c34)nc(-c3cccc4sc5ccccc5c34)n2)c(-c2ccc3sc4ccccc4c3c2)c1. The van der Waals surface area contributed by atoms with E-state index in [0.29, 0.717) is 17.5 Å². The number of fused-ring (bicyclic) bond motifs is 15. The van der Waals surface area contributed by atoms with Crippen molar-refractivity contribution in [3.63, 3.8) is 0 Å². The average molecular weight is 969 g/mol. The van der Waals surface area contributed by atoms with Crippen molar-refractivity contribution in [1.82, 2.24) is 19.5 Å². The van der Waals surface area contributed by atoms with E-state index in [-0.39, 0.29) is 0 Å². The van der Waals surface area contributed by atoms with Crippen molar-refractivity contribution in [3.05, 3.63) is 218 Å². The molecule has 0 aliphatic heterocycles. The molecule has 11 aromatic carbocycles. The summed E-state index contributed by atoms with van der Waals surface area (Å²) in [6.45, 7) is 0. The fourth-order valence-electron chi connectivity index (χ4n) is 11.4. The molecular weight excluding hydrogens is 933 g/mol. The highest BCUT2D eigenvalue weighted by atomic mass is 32.1. The summed E-state index contributed by atoms with van der Waals surface area (Å²) < 4.78 is 9.91. The lowest BCUT2D eigenvalue weighted by Gasteiger charge is -2.16. The molecule has 0 aliphatic rings. The molecule has 0 saturated carbocycles. The average Bonchev–Trinajstić information content (AvgIpc) is 4.21. The Kier molecular flexibility index (Phi) is 8.62. The predicted octanol–water partition coefficient (Wildman–Crippen LogP) is 19.0. The van der Waals surface area contributed by atoms with E-state index in [0.717, 1.165) is 49.8 Å². The maximum Gasteiger partial charge on any atom is 0.164 e. The highest BCUT2D eigenvalue weighted by molar-refractivity contribution is 7.26. The number of rotatable bonds is 5. The van der Waals surface area contributed by atoms with Crippen molar-refractivity contribution < 1.29 is 0 Å². The van der Waals surface area contributed by atoms with Crippen LogP contribution < -0.4 is 0 Å². The van der Waals surface area contributed by atoms with Gasteiger partial charge in [-0.1, -0.05) is 146 Å². The Labute approximate surface area is 424 Å². The van der Waals surface area contributed by atoms with Crippen LogP contribution in [0.1, 0.15) is 0 Å². The zero-order chi connectivity index (χ0) is 47.0. The minimum Gasteiger partial charge on any atom is -0.309 e. The monoisotopic (exact) mass is 968 g/mol. The van der Waals surface area contributed by atoms with Gasteiger partial charge in [0.05, 0.1) is 11.0 Å². The molecule has 0 aliphatic carbocycles. The van der Waals surface area contributed by atoms with Crippen LogP contribution >= 0.6 is 34.0 Å². The molecule has 0 saturated heterocycles. The van der Waals surface area contributed by atoms with Crippen LogP contribution in [0.15, 0.2) is 218 Å². The van der Waals surface area contributed by atoms with Crippen LogP contribution in [0, 0.1) is 0 Å². The Morgan fingerprint density at radius 3 is 1.50 bits per heavy atom. The van der Waals surface area contributed by atoms with Gasteiger partial charge in [0.15, 0.2) is 17.5 Å². The van der Waals surface area contributed by atoms with E-state index in [1.807, 2.05) is 34.0 Å². The van der Waals surface area contributed by atoms with Crippen molar-refractivity contribution >= 4 is 138 Å². The minimum absolute atomic E-state index is 0.624. The quantitative estimate of drug-likeness (QED) is 0.173. The first-order chi connectivity index (χ1) is 35.7. The summed E-state index contributed by atoms with van der Waals surface area (Å²) in [6.07, 6.45) is 0. The third-order valence-electron chi connectivity index (χ3n) is 14.6. The molecule has 72 heavy (non-hydrogen) atoms. The van der Waals surface area contributed by atoms with Crippen molar-refractivity contribution in [2.45, 2.75) is 0 Å². The lowest BCUT2D eigenvalue weighted by Crippen LogP contribution is -2.02. The van der Waals surface area contributed by atoms with Gasteiger partial charge in [-0.25, -0.2) is 15.0 Å². The minimum atomic E-state index is 0.624. The van der Waals surface area contributed by atoms with Crippen LogP contribution in [0.25, 0.3) is 155 Å². The number of hydrogen-bond donors (Lipinski definition) is 0. The Bertz CT molecular complexity index is 4820. The molecule has 4 nitrogen and oxygen atoms in total. The van der Waals surface area contributed by atoms with Crippen molar-refractivity contribution in [2.24, 2.45) is 0 Å². The van der Waals surface area contributed by atoms with Crippen LogP contribution in [0.4, 0.5) is 0 Å². The van der Waals surface area contributed by atoms with E-state index >= 15 is 0 Å². The normalized spacial score (nSPS) is 12.2. The van der Waals surface area contributed by atoms with E-state index in [1.54, 1.807) is 0 Å². The standard InChI is InChI=1S/C65H36N4S3/c1-2-15-39-35-53-51(33-38(39)14-1)44-30-27-37-13-3-4-16-42(37)62(44)69(53)41-29-31-45(50(36-41)40-28-32-57-52(34-40)43-17-5-8-22-54(43)70-57)63-66-64(48-20-11-25-58-60(48)46-18-6-9-23-55(46)71-58)68-65(67-63)49-21-12-26-59-61(49)47-19-7-10-24-56(47)72-59/h1-36H. The second-order valence-electron chi connectivity index (χ2n) is 18.6. The highest BCUT2D eigenvalue weighted by Crippen LogP contribution is 2.46. The third-order valence-corrected chi connectivity index (χ3v) is 18.1. The van der Waals surface area contributed by atoms with Crippen molar-refractivity contribution in [3.8, 4) is 51.0 Å². The molecule has 0 fully saturated rings.